The number of alkyl halides is 3. The Kier molecular flexibility index (Phi) is 6.47. The SMILES string of the molecule is O=C(CCNc1ccc(C(F)(F)F)cc1[N+](=O)[O-])NNC(=O)c1cccnc1. The highest BCUT2D eigenvalue weighted by molar-refractivity contribution is 5.95. The van der Waals surface area contributed by atoms with Crippen LogP contribution in [0.3, 0.4) is 0 Å². The summed E-state index contributed by atoms with van der Waals surface area (Å²) < 4.78 is 38.0. The number of halogens is 3. The van der Waals surface area contributed by atoms with Gasteiger partial charge in [-0.2, -0.15) is 13.2 Å². The number of nitrogens with one attached hydrogen (secondary N) is 3. The van der Waals surface area contributed by atoms with Crippen LogP contribution in [0.5, 0.6) is 0 Å². The first-order valence-electron chi connectivity index (χ1n) is 7.77. The van der Waals surface area contributed by atoms with E-state index in [4.69, 9.17) is 0 Å². The molecule has 0 aliphatic heterocycles. The van der Waals surface area contributed by atoms with Crippen LogP contribution in [0.2, 0.25) is 0 Å². The van der Waals surface area contributed by atoms with Crippen molar-refractivity contribution in [2.45, 2.75) is 12.6 Å². The number of aromatic nitrogens is 1. The molecule has 12 heteroatoms. The Balaban J connectivity index is 1.88. The van der Waals surface area contributed by atoms with E-state index in [-0.39, 0.29) is 24.2 Å². The largest absolute Gasteiger partial charge is 0.416 e. The van der Waals surface area contributed by atoms with Crippen LogP contribution in [-0.4, -0.2) is 28.3 Å². The number of pyridine rings is 1. The summed E-state index contributed by atoms with van der Waals surface area (Å²) in [6.07, 6.45) is -2.14. The molecule has 0 fully saturated rings. The van der Waals surface area contributed by atoms with Gasteiger partial charge in [0.25, 0.3) is 11.6 Å². The van der Waals surface area contributed by atoms with Crippen molar-refractivity contribution in [2.24, 2.45) is 0 Å². The van der Waals surface area contributed by atoms with Crippen LogP contribution in [0, 0.1) is 10.1 Å². The normalized spacial score (nSPS) is 10.8. The Morgan fingerprint density at radius 3 is 2.54 bits per heavy atom. The van der Waals surface area contributed by atoms with Crippen molar-refractivity contribution < 1.29 is 27.7 Å². The maximum atomic E-state index is 12.7. The minimum atomic E-state index is -4.71. The van der Waals surface area contributed by atoms with Crippen molar-refractivity contribution in [3.05, 3.63) is 64.0 Å². The molecule has 0 spiro atoms. The molecule has 2 amide bonds. The van der Waals surface area contributed by atoms with Gasteiger partial charge in [0.2, 0.25) is 5.91 Å². The zero-order valence-electron chi connectivity index (χ0n) is 14.1. The molecule has 0 saturated carbocycles. The average molecular weight is 397 g/mol. The number of nitro benzene ring substituents is 1. The molecular formula is C16H14F3N5O4. The van der Waals surface area contributed by atoms with Gasteiger partial charge in [0.1, 0.15) is 5.69 Å². The van der Waals surface area contributed by atoms with Gasteiger partial charge in [-0.05, 0) is 24.3 Å². The topological polar surface area (TPSA) is 126 Å². The number of nitrogens with zero attached hydrogens (tertiary/aromatic N) is 2. The van der Waals surface area contributed by atoms with Gasteiger partial charge in [-0.1, -0.05) is 0 Å². The molecule has 2 aromatic rings. The van der Waals surface area contributed by atoms with Crippen LogP contribution in [0.15, 0.2) is 42.7 Å². The molecule has 0 atom stereocenters. The summed E-state index contributed by atoms with van der Waals surface area (Å²) in [5.74, 6) is -1.20. The first kappa shape index (κ1) is 20.6. The number of hydrazine groups is 1. The van der Waals surface area contributed by atoms with Crippen LogP contribution in [-0.2, 0) is 11.0 Å². The maximum Gasteiger partial charge on any atom is 0.416 e. The molecule has 0 unspecified atom stereocenters. The van der Waals surface area contributed by atoms with Crippen molar-refractivity contribution in [3.8, 4) is 0 Å². The third kappa shape index (κ3) is 5.65. The minimum absolute atomic E-state index is 0.110. The standard InChI is InChI=1S/C16H14F3N5O4/c17-16(18,19)11-3-4-12(13(8-11)24(27)28)21-7-5-14(25)22-23-15(26)10-2-1-6-20-9-10/h1-4,6,8-9,21H,5,7H2,(H,22,25)(H,23,26). The lowest BCUT2D eigenvalue weighted by Crippen LogP contribution is -2.42. The molecule has 148 valence electrons. The van der Waals surface area contributed by atoms with Crippen molar-refractivity contribution >= 4 is 23.2 Å². The van der Waals surface area contributed by atoms with Crippen LogP contribution in [0.4, 0.5) is 24.5 Å². The van der Waals surface area contributed by atoms with E-state index in [9.17, 15) is 32.9 Å². The molecule has 0 saturated heterocycles. The van der Waals surface area contributed by atoms with Crippen molar-refractivity contribution in [3.63, 3.8) is 0 Å². The first-order chi connectivity index (χ1) is 13.2. The first-order valence-corrected chi connectivity index (χ1v) is 7.77. The molecule has 0 bridgehead atoms. The number of benzene rings is 1. The molecule has 3 N–H and O–H groups in total. The number of rotatable bonds is 6. The zero-order valence-corrected chi connectivity index (χ0v) is 14.1. The monoisotopic (exact) mass is 397 g/mol. The highest BCUT2D eigenvalue weighted by Gasteiger charge is 2.33. The second-order valence-electron chi connectivity index (χ2n) is 5.41. The molecule has 28 heavy (non-hydrogen) atoms. The average Bonchev–Trinajstić information content (AvgIpc) is 2.66. The molecule has 1 aromatic heterocycles. The zero-order chi connectivity index (χ0) is 20.7. The summed E-state index contributed by atoms with van der Waals surface area (Å²) >= 11 is 0. The summed E-state index contributed by atoms with van der Waals surface area (Å²) in [7, 11) is 0. The second kappa shape index (κ2) is 8.79. The fourth-order valence-electron chi connectivity index (χ4n) is 2.08. The van der Waals surface area contributed by atoms with Crippen LogP contribution < -0.4 is 16.2 Å². The Bertz CT molecular complexity index is 874. The van der Waals surface area contributed by atoms with Crippen LogP contribution >= 0.6 is 0 Å². The molecule has 0 aliphatic carbocycles. The highest BCUT2D eigenvalue weighted by Crippen LogP contribution is 2.34. The van der Waals surface area contributed by atoms with E-state index >= 15 is 0 Å². The van der Waals surface area contributed by atoms with Crippen LogP contribution in [0.25, 0.3) is 0 Å². The number of carbonyl (C=O) groups is 2. The third-order valence-corrected chi connectivity index (χ3v) is 3.43. The predicted molar refractivity (Wildman–Crippen MR) is 91.1 cm³/mol. The quantitative estimate of drug-likeness (QED) is 0.507. The van der Waals surface area contributed by atoms with Crippen molar-refractivity contribution in [2.75, 3.05) is 11.9 Å². The summed E-state index contributed by atoms with van der Waals surface area (Å²) in [4.78, 5) is 37.2. The minimum Gasteiger partial charge on any atom is -0.379 e. The molecule has 9 nitrogen and oxygen atoms in total. The number of amides is 2. The Hall–Kier alpha value is -3.70. The fraction of sp³-hybridized carbons (Fsp3) is 0.188. The maximum absolute atomic E-state index is 12.7. The van der Waals surface area contributed by atoms with E-state index < -0.39 is 34.2 Å². The van der Waals surface area contributed by atoms with E-state index in [1.807, 2.05) is 0 Å². The van der Waals surface area contributed by atoms with Crippen molar-refractivity contribution in [1.29, 1.82) is 0 Å². The Morgan fingerprint density at radius 2 is 1.93 bits per heavy atom. The van der Waals surface area contributed by atoms with E-state index in [0.717, 1.165) is 6.07 Å². The molecule has 0 radical (unpaired) electrons. The van der Waals surface area contributed by atoms with Gasteiger partial charge in [-0.3, -0.25) is 35.5 Å². The second-order valence-corrected chi connectivity index (χ2v) is 5.41. The van der Waals surface area contributed by atoms with Gasteiger partial charge in [0.15, 0.2) is 0 Å². The van der Waals surface area contributed by atoms with Crippen molar-refractivity contribution in [1.82, 2.24) is 15.8 Å². The molecule has 1 aromatic carbocycles. The number of nitro groups is 1. The lowest BCUT2D eigenvalue weighted by molar-refractivity contribution is -0.384. The van der Waals surface area contributed by atoms with Gasteiger partial charge in [-0.25, -0.2) is 0 Å². The number of anilines is 1. The lowest BCUT2D eigenvalue weighted by Gasteiger charge is -2.11. The van der Waals surface area contributed by atoms with E-state index in [1.54, 1.807) is 0 Å². The number of hydrogen-bond acceptors (Lipinski definition) is 6. The molecule has 2 rings (SSSR count). The van der Waals surface area contributed by atoms with Gasteiger partial charge in [-0.15, -0.1) is 0 Å². The summed E-state index contributed by atoms with van der Waals surface area (Å²) in [6.45, 7) is -0.110. The van der Waals surface area contributed by atoms with E-state index in [0.29, 0.717) is 12.1 Å². The van der Waals surface area contributed by atoms with E-state index in [1.165, 1.54) is 24.5 Å². The Labute approximate surface area is 156 Å². The molecule has 1 heterocycles. The number of hydrogen-bond donors (Lipinski definition) is 3. The number of carbonyl (C=O) groups excluding carboxylic acids is 2. The lowest BCUT2D eigenvalue weighted by atomic mass is 10.1. The smallest absolute Gasteiger partial charge is 0.379 e. The van der Waals surface area contributed by atoms with Gasteiger partial charge >= 0.3 is 6.18 Å². The fourth-order valence-corrected chi connectivity index (χ4v) is 2.08. The van der Waals surface area contributed by atoms with Gasteiger partial charge in [0.05, 0.1) is 16.1 Å². The predicted octanol–water partition coefficient (Wildman–Crippen LogP) is 2.27. The van der Waals surface area contributed by atoms with E-state index in [2.05, 4.69) is 21.2 Å². The molecule has 0 aliphatic rings. The molecular weight excluding hydrogens is 383 g/mol. The highest BCUT2D eigenvalue weighted by atomic mass is 19.4. The van der Waals surface area contributed by atoms with Gasteiger partial charge in [0, 0.05) is 31.4 Å². The summed E-state index contributed by atoms with van der Waals surface area (Å²) in [5.41, 5.74) is 2.45. The summed E-state index contributed by atoms with van der Waals surface area (Å²) in [6, 6.07) is 5.06. The third-order valence-electron chi connectivity index (χ3n) is 3.43. The van der Waals surface area contributed by atoms with Crippen LogP contribution in [0.1, 0.15) is 22.3 Å². The summed E-state index contributed by atoms with van der Waals surface area (Å²) in [5, 5.41) is 13.5. The Morgan fingerprint density at radius 1 is 1.18 bits per heavy atom. The van der Waals surface area contributed by atoms with Gasteiger partial charge < -0.3 is 5.32 Å².